The van der Waals surface area contributed by atoms with E-state index in [0.29, 0.717) is 17.8 Å². The number of alkyl halides is 3. The summed E-state index contributed by atoms with van der Waals surface area (Å²) in [6, 6.07) is 4.98. The summed E-state index contributed by atoms with van der Waals surface area (Å²) in [6.45, 7) is 6.11. The van der Waals surface area contributed by atoms with Gasteiger partial charge in [0.05, 0.1) is 10.4 Å². The zero-order valence-electron chi connectivity index (χ0n) is 15.8. The van der Waals surface area contributed by atoms with Crippen LogP contribution in [0.2, 0.25) is 0 Å². The molecule has 3 rings (SSSR count). The van der Waals surface area contributed by atoms with Crippen molar-refractivity contribution in [3.8, 4) is 0 Å². The summed E-state index contributed by atoms with van der Waals surface area (Å²) in [5, 5.41) is 3.76. The highest BCUT2D eigenvalue weighted by Crippen LogP contribution is 2.31. The third-order valence-electron chi connectivity index (χ3n) is 4.52. The van der Waals surface area contributed by atoms with E-state index in [1.807, 2.05) is 20.8 Å². The molecule has 1 N–H and O–H groups in total. The molecule has 0 saturated carbocycles. The maximum absolute atomic E-state index is 12.6. The van der Waals surface area contributed by atoms with Crippen LogP contribution < -0.4 is 5.32 Å². The number of nitrogens with zero attached hydrogens (tertiary/aromatic N) is 2. The van der Waals surface area contributed by atoms with E-state index in [9.17, 15) is 18.0 Å². The zero-order valence-corrected chi connectivity index (χ0v) is 16.6. The summed E-state index contributed by atoms with van der Waals surface area (Å²) in [5.74, 6) is 0.547. The Hall–Kier alpha value is -2.48. The Morgan fingerprint density at radius 3 is 2.43 bits per heavy atom. The zero-order chi connectivity index (χ0) is 20.5. The molecule has 0 aliphatic rings. The van der Waals surface area contributed by atoms with Crippen LogP contribution in [0.15, 0.2) is 24.3 Å². The van der Waals surface area contributed by atoms with Gasteiger partial charge in [-0.05, 0) is 43.5 Å². The lowest BCUT2D eigenvalue weighted by molar-refractivity contribution is -0.137. The summed E-state index contributed by atoms with van der Waals surface area (Å²) in [7, 11) is 0. The molecule has 0 aliphatic carbocycles. The van der Waals surface area contributed by atoms with Gasteiger partial charge in [0, 0.05) is 24.0 Å². The Morgan fingerprint density at radius 2 is 1.82 bits per heavy atom. The van der Waals surface area contributed by atoms with Crippen LogP contribution in [0.25, 0.3) is 10.2 Å². The van der Waals surface area contributed by atoms with Gasteiger partial charge in [0.2, 0.25) is 0 Å². The van der Waals surface area contributed by atoms with Gasteiger partial charge in [0.1, 0.15) is 10.7 Å². The van der Waals surface area contributed by atoms with E-state index >= 15 is 0 Å². The minimum absolute atomic E-state index is 0.204. The maximum atomic E-state index is 12.6. The van der Waals surface area contributed by atoms with Crippen molar-refractivity contribution < 1.29 is 18.0 Å². The molecular formula is C20H20F3N3OS. The van der Waals surface area contributed by atoms with E-state index in [2.05, 4.69) is 15.3 Å². The number of nitrogens with one attached hydrogen (secondary N) is 1. The number of carbonyl (C=O) groups excluding carboxylic acids is 1. The number of aryl methyl sites for hydroxylation is 3. The standard InChI is InChI=1S/C20H20F3N3OS/c1-4-15-25-12(3)16-11(2)17(28-19(16)26-15)18(27)24-10-9-13-5-7-14(8-6-13)20(21,22)23/h5-8H,4,9-10H2,1-3H3,(H,24,27). The lowest BCUT2D eigenvalue weighted by Crippen LogP contribution is -2.25. The number of halogens is 3. The summed E-state index contributed by atoms with van der Waals surface area (Å²) in [5.41, 5.74) is 1.77. The number of hydrogen-bond acceptors (Lipinski definition) is 4. The van der Waals surface area contributed by atoms with Gasteiger partial charge in [-0.2, -0.15) is 13.2 Å². The number of aromatic nitrogens is 2. The van der Waals surface area contributed by atoms with Crippen molar-refractivity contribution in [3.05, 3.63) is 57.4 Å². The van der Waals surface area contributed by atoms with Gasteiger partial charge in [-0.1, -0.05) is 19.1 Å². The van der Waals surface area contributed by atoms with E-state index in [0.717, 1.165) is 51.4 Å². The largest absolute Gasteiger partial charge is 0.416 e. The highest BCUT2D eigenvalue weighted by atomic mass is 32.1. The monoisotopic (exact) mass is 407 g/mol. The van der Waals surface area contributed by atoms with Crippen LogP contribution in [0, 0.1) is 13.8 Å². The smallest absolute Gasteiger partial charge is 0.351 e. The molecule has 1 aromatic carbocycles. The molecule has 3 aromatic rings. The number of benzene rings is 1. The highest BCUT2D eigenvalue weighted by Gasteiger charge is 2.29. The fraction of sp³-hybridized carbons (Fsp3) is 0.350. The molecule has 0 radical (unpaired) electrons. The Bertz CT molecular complexity index is 1010. The van der Waals surface area contributed by atoms with Crippen LogP contribution >= 0.6 is 11.3 Å². The second-order valence-electron chi connectivity index (χ2n) is 6.52. The fourth-order valence-corrected chi connectivity index (χ4v) is 4.20. The van der Waals surface area contributed by atoms with Crippen LogP contribution in [0.1, 0.15) is 44.8 Å². The topological polar surface area (TPSA) is 54.9 Å². The normalized spacial score (nSPS) is 11.8. The number of thiophene rings is 1. The van der Waals surface area contributed by atoms with E-state index < -0.39 is 11.7 Å². The van der Waals surface area contributed by atoms with Crippen molar-refractivity contribution in [2.24, 2.45) is 0 Å². The van der Waals surface area contributed by atoms with Gasteiger partial charge < -0.3 is 5.32 Å². The van der Waals surface area contributed by atoms with Crippen LogP contribution in [0.5, 0.6) is 0 Å². The Kier molecular flexibility index (Phi) is 5.69. The molecule has 0 saturated heterocycles. The van der Waals surface area contributed by atoms with Gasteiger partial charge in [-0.25, -0.2) is 9.97 Å². The van der Waals surface area contributed by atoms with E-state index in [-0.39, 0.29) is 5.91 Å². The lowest BCUT2D eigenvalue weighted by Gasteiger charge is -2.08. The van der Waals surface area contributed by atoms with Gasteiger partial charge >= 0.3 is 6.18 Å². The highest BCUT2D eigenvalue weighted by molar-refractivity contribution is 7.20. The number of hydrogen-bond donors (Lipinski definition) is 1. The molecule has 4 nitrogen and oxygen atoms in total. The number of rotatable bonds is 5. The SMILES string of the molecule is CCc1nc(C)c2c(C)c(C(=O)NCCc3ccc(C(F)(F)F)cc3)sc2n1. The van der Waals surface area contributed by atoms with Crippen LogP contribution in [-0.2, 0) is 19.0 Å². The van der Waals surface area contributed by atoms with Crippen molar-refractivity contribution in [2.75, 3.05) is 6.54 Å². The van der Waals surface area contributed by atoms with Gasteiger partial charge in [0.15, 0.2) is 0 Å². The van der Waals surface area contributed by atoms with E-state index in [1.165, 1.54) is 23.5 Å². The quantitative estimate of drug-likeness (QED) is 0.657. The summed E-state index contributed by atoms with van der Waals surface area (Å²) in [4.78, 5) is 22.9. The molecule has 148 valence electrons. The molecule has 0 bridgehead atoms. The van der Waals surface area contributed by atoms with Crippen molar-refractivity contribution in [2.45, 2.75) is 39.8 Å². The first-order valence-corrected chi connectivity index (χ1v) is 9.73. The molecule has 0 fully saturated rings. The first-order chi connectivity index (χ1) is 13.2. The lowest BCUT2D eigenvalue weighted by atomic mass is 10.1. The first kappa shape index (κ1) is 20.3. The molecule has 28 heavy (non-hydrogen) atoms. The first-order valence-electron chi connectivity index (χ1n) is 8.91. The van der Waals surface area contributed by atoms with Crippen molar-refractivity contribution in [1.82, 2.24) is 15.3 Å². The van der Waals surface area contributed by atoms with Crippen molar-refractivity contribution >= 4 is 27.5 Å². The summed E-state index contributed by atoms with van der Waals surface area (Å²) >= 11 is 1.34. The molecule has 8 heteroatoms. The minimum atomic E-state index is -4.34. The molecule has 0 atom stereocenters. The predicted molar refractivity (Wildman–Crippen MR) is 104 cm³/mol. The molecule has 0 aliphatic heterocycles. The fourth-order valence-electron chi connectivity index (χ4n) is 3.03. The Labute approximate surface area is 164 Å². The van der Waals surface area contributed by atoms with E-state index in [4.69, 9.17) is 0 Å². The van der Waals surface area contributed by atoms with Crippen molar-refractivity contribution in [3.63, 3.8) is 0 Å². The Morgan fingerprint density at radius 1 is 1.14 bits per heavy atom. The second kappa shape index (κ2) is 7.87. The molecule has 2 aromatic heterocycles. The summed E-state index contributed by atoms with van der Waals surface area (Å²) < 4.78 is 37.8. The average Bonchev–Trinajstić information content (AvgIpc) is 2.98. The van der Waals surface area contributed by atoms with Crippen molar-refractivity contribution in [1.29, 1.82) is 0 Å². The Balaban J connectivity index is 1.68. The maximum Gasteiger partial charge on any atom is 0.416 e. The molecule has 0 unspecified atom stereocenters. The molecule has 0 spiro atoms. The molecular weight excluding hydrogens is 387 g/mol. The summed E-state index contributed by atoms with van der Waals surface area (Å²) in [6.07, 6.45) is -3.17. The minimum Gasteiger partial charge on any atom is -0.351 e. The van der Waals surface area contributed by atoms with E-state index in [1.54, 1.807) is 0 Å². The third-order valence-corrected chi connectivity index (χ3v) is 5.70. The third kappa shape index (κ3) is 4.16. The number of fused-ring (bicyclic) bond motifs is 1. The number of amides is 1. The van der Waals surface area contributed by atoms with Crippen LogP contribution in [-0.4, -0.2) is 22.4 Å². The predicted octanol–water partition coefficient (Wildman–Crippen LogP) is 4.86. The van der Waals surface area contributed by atoms with Crippen LogP contribution in [0.3, 0.4) is 0 Å². The van der Waals surface area contributed by atoms with Crippen LogP contribution in [0.4, 0.5) is 13.2 Å². The van der Waals surface area contributed by atoms with Gasteiger partial charge in [-0.15, -0.1) is 11.3 Å². The molecule has 1 amide bonds. The van der Waals surface area contributed by atoms with Gasteiger partial charge in [-0.3, -0.25) is 4.79 Å². The average molecular weight is 407 g/mol. The molecule has 2 heterocycles. The van der Waals surface area contributed by atoms with Gasteiger partial charge in [0.25, 0.3) is 5.91 Å². The number of carbonyl (C=O) groups is 1. The second-order valence-corrected chi connectivity index (χ2v) is 7.51.